The molecule has 1 aliphatic rings. The molecule has 1 aromatic heterocycles. The third kappa shape index (κ3) is 3.45. The zero-order valence-corrected chi connectivity index (χ0v) is 11.4. The molecule has 20 heavy (non-hydrogen) atoms. The summed E-state index contributed by atoms with van der Waals surface area (Å²) in [4.78, 5) is 23.2. The molecule has 2 heterocycles. The number of nitrogens with zero attached hydrogens (tertiary/aromatic N) is 2. The molecule has 2 amide bonds. The van der Waals surface area contributed by atoms with Crippen LogP contribution >= 0.6 is 0 Å². The van der Waals surface area contributed by atoms with Crippen LogP contribution < -0.4 is 10.6 Å². The number of amides is 2. The van der Waals surface area contributed by atoms with Gasteiger partial charge in [0.2, 0.25) is 5.91 Å². The van der Waals surface area contributed by atoms with E-state index in [0.717, 1.165) is 18.4 Å². The molecule has 108 valence electrons. The number of nitrogens with one attached hydrogen (secondary N) is 2. The van der Waals surface area contributed by atoms with Crippen molar-refractivity contribution in [2.75, 3.05) is 11.9 Å². The molecule has 1 fully saturated rings. The highest BCUT2D eigenvalue weighted by Crippen LogP contribution is 2.17. The van der Waals surface area contributed by atoms with Gasteiger partial charge < -0.3 is 15.4 Å². The standard InChI is InChI=1S/C13H18N4O3/c1-3-11(18)14-7-9-8-17(2)16-12(9)15-13(19)10-5-4-6-20-10/h3,8,10H,1,4-7H2,2H3,(H,14,18)(H,15,16,19)/t10-/m0/s1. The molecule has 2 rings (SSSR count). The number of hydrogen-bond acceptors (Lipinski definition) is 4. The van der Waals surface area contributed by atoms with Crippen LogP contribution in [-0.2, 0) is 27.9 Å². The van der Waals surface area contributed by atoms with Crippen molar-refractivity contribution in [3.63, 3.8) is 0 Å². The van der Waals surface area contributed by atoms with E-state index in [1.165, 1.54) is 6.08 Å². The molecule has 0 spiro atoms. The Morgan fingerprint density at radius 1 is 1.65 bits per heavy atom. The maximum atomic E-state index is 12.0. The van der Waals surface area contributed by atoms with Crippen LogP contribution in [0.2, 0.25) is 0 Å². The fourth-order valence-electron chi connectivity index (χ4n) is 2.01. The van der Waals surface area contributed by atoms with Gasteiger partial charge in [-0.15, -0.1) is 0 Å². The summed E-state index contributed by atoms with van der Waals surface area (Å²) in [5.41, 5.74) is 0.731. The van der Waals surface area contributed by atoms with E-state index in [1.807, 2.05) is 0 Å². The molecule has 2 N–H and O–H groups in total. The second-order valence-corrected chi connectivity index (χ2v) is 4.59. The Morgan fingerprint density at radius 3 is 3.10 bits per heavy atom. The van der Waals surface area contributed by atoms with Gasteiger partial charge in [0.25, 0.3) is 5.91 Å². The van der Waals surface area contributed by atoms with E-state index in [9.17, 15) is 9.59 Å². The second-order valence-electron chi connectivity index (χ2n) is 4.59. The lowest BCUT2D eigenvalue weighted by Crippen LogP contribution is -2.28. The van der Waals surface area contributed by atoms with Gasteiger partial charge in [0.1, 0.15) is 6.10 Å². The van der Waals surface area contributed by atoms with E-state index in [2.05, 4.69) is 22.3 Å². The third-order valence-corrected chi connectivity index (χ3v) is 3.01. The van der Waals surface area contributed by atoms with Crippen molar-refractivity contribution < 1.29 is 14.3 Å². The normalized spacial score (nSPS) is 17.8. The summed E-state index contributed by atoms with van der Waals surface area (Å²) in [7, 11) is 1.75. The van der Waals surface area contributed by atoms with Gasteiger partial charge in [-0.05, 0) is 18.9 Å². The molecule has 0 saturated carbocycles. The van der Waals surface area contributed by atoms with Crippen molar-refractivity contribution in [1.82, 2.24) is 15.1 Å². The minimum Gasteiger partial charge on any atom is -0.368 e. The molecule has 1 saturated heterocycles. The first-order valence-electron chi connectivity index (χ1n) is 6.45. The monoisotopic (exact) mass is 278 g/mol. The number of ether oxygens (including phenoxy) is 1. The largest absolute Gasteiger partial charge is 0.368 e. The Hall–Kier alpha value is -2.15. The van der Waals surface area contributed by atoms with Crippen molar-refractivity contribution in [2.45, 2.75) is 25.5 Å². The molecule has 0 bridgehead atoms. The van der Waals surface area contributed by atoms with Crippen molar-refractivity contribution >= 4 is 17.6 Å². The van der Waals surface area contributed by atoms with Gasteiger partial charge in [-0.2, -0.15) is 5.10 Å². The number of rotatable bonds is 5. The summed E-state index contributed by atoms with van der Waals surface area (Å²) in [5.74, 6) is -0.0277. The maximum absolute atomic E-state index is 12.0. The predicted molar refractivity (Wildman–Crippen MR) is 72.9 cm³/mol. The zero-order chi connectivity index (χ0) is 14.5. The summed E-state index contributed by atoms with van der Waals surface area (Å²) in [6.07, 6.45) is 4.15. The van der Waals surface area contributed by atoms with E-state index in [4.69, 9.17) is 4.74 Å². The Balaban J connectivity index is 2.01. The van der Waals surface area contributed by atoms with E-state index in [-0.39, 0.29) is 18.4 Å². The topological polar surface area (TPSA) is 85.3 Å². The van der Waals surface area contributed by atoms with Crippen molar-refractivity contribution in [2.24, 2.45) is 7.05 Å². The van der Waals surface area contributed by atoms with Crippen LogP contribution in [-0.4, -0.2) is 34.3 Å². The lowest BCUT2D eigenvalue weighted by molar-refractivity contribution is -0.124. The Kier molecular flexibility index (Phi) is 4.52. The molecular formula is C13H18N4O3. The van der Waals surface area contributed by atoms with Gasteiger partial charge in [0.05, 0.1) is 0 Å². The minimum absolute atomic E-state index is 0.197. The van der Waals surface area contributed by atoms with Crippen molar-refractivity contribution in [1.29, 1.82) is 0 Å². The Labute approximate surface area is 117 Å². The molecule has 0 aliphatic carbocycles. The van der Waals surface area contributed by atoms with Gasteiger partial charge in [-0.25, -0.2) is 0 Å². The molecule has 0 aromatic carbocycles. The summed E-state index contributed by atoms with van der Waals surface area (Å²) in [6.45, 7) is 4.27. The molecule has 1 atom stereocenters. The highest BCUT2D eigenvalue weighted by Gasteiger charge is 2.25. The molecule has 0 radical (unpaired) electrons. The average molecular weight is 278 g/mol. The second kappa shape index (κ2) is 6.33. The first-order valence-corrected chi connectivity index (χ1v) is 6.45. The van der Waals surface area contributed by atoms with Crippen molar-refractivity contribution in [3.05, 3.63) is 24.4 Å². The highest BCUT2D eigenvalue weighted by molar-refractivity contribution is 5.94. The predicted octanol–water partition coefficient (Wildman–Crippen LogP) is 0.340. The first-order chi connectivity index (χ1) is 9.60. The number of aromatic nitrogens is 2. The third-order valence-electron chi connectivity index (χ3n) is 3.01. The van der Waals surface area contributed by atoms with Crippen molar-refractivity contribution in [3.8, 4) is 0 Å². The molecule has 7 heteroatoms. The molecule has 0 unspecified atom stereocenters. The van der Waals surface area contributed by atoms with E-state index < -0.39 is 6.10 Å². The first kappa shape index (κ1) is 14.3. The van der Waals surface area contributed by atoms with Crippen LogP contribution in [0.3, 0.4) is 0 Å². The number of aryl methyl sites for hydroxylation is 1. The number of hydrogen-bond donors (Lipinski definition) is 2. The maximum Gasteiger partial charge on any atom is 0.254 e. The number of carbonyl (C=O) groups excluding carboxylic acids is 2. The quantitative estimate of drug-likeness (QED) is 0.761. The van der Waals surface area contributed by atoms with Gasteiger partial charge in [-0.1, -0.05) is 6.58 Å². The fourth-order valence-corrected chi connectivity index (χ4v) is 2.01. The lowest BCUT2D eigenvalue weighted by atomic mass is 10.2. The summed E-state index contributed by atoms with van der Waals surface area (Å²) < 4.78 is 6.90. The molecule has 7 nitrogen and oxygen atoms in total. The van der Waals surface area contributed by atoms with Crippen LogP contribution in [0.4, 0.5) is 5.82 Å². The fraction of sp³-hybridized carbons (Fsp3) is 0.462. The van der Waals surface area contributed by atoms with Crippen LogP contribution in [0.15, 0.2) is 18.9 Å². The lowest BCUT2D eigenvalue weighted by Gasteiger charge is -2.10. The van der Waals surface area contributed by atoms with Crippen LogP contribution in [0.1, 0.15) is 18.4 Å². The number of carbonyl (C=O) groups is 2. The smallest absolute Gasteiger partial charge is 0.254 e. The summed E-state index contributed by atoms with van der Waals surface area (Å²) >= 11 is 0. The van der Waals surface area contributed by atoms with E-state index >= 15 is 0 Å². The minimum atomic E-state index is -0.410. The van der Waals surface area contributed by atoms with Crippen LogP contribution in [0, 0.1) is 0 Å². The van der Waals surface area contributed by atoms with Crippen LogP contribution in [0.25, 0.3) is 0 Å². The van der Waals surface area contributed by atoms with E-state index in [1.54, 1.807) is 17.9 Å². The summed E-state index contributed by atoms with van der Waals surface area (Å²) in [5, 5.41) is 9.57. The average Bonchev–Trinajstić information content (AvgIpc) is 3.06. The Bertz CT molecular complexity index is 518. The summed E-state index contributed by atoms with van der Waals surface area (Å²) in [6, 6.07) is 0. The number of anilines is 1. The van der Waals surface area contributed by atoms with Gasteiger partial charge in [-0.3, -0.25) is 14.3 Å². The van der Waals surface area contributed by atoms with E-state index in [0.29, 0.717) is 12.4 Å². The SMILES string of the molecule is C=CC(=O)NCc1cn(C)nc1NC(=O)[C@@H]1CCCO1. The highest BCUT2D eigenvalue weighted by atomic mass is 16.5. The van der Waals surface area contributed by atoms with Crippen LogP contribution in [0.5, 0.6) is 0 Å². The zero-order valence-electron chi connectivity index (χ0n) is 11.4. The van der Waals surface area contributed by atoms with Gasteiger partial charge in [0.15, 0.2) is 5.82 Å². The molecule has 1 aromatic rings. The molecule has 1 aliphatic heterocycles. The van der Waals surface area contributed by atoms with Gasteiger partial charge in [0, 0.05) is 32.0 Å². The van der Waals surface area contributed by atoms with Gasteiger partial charge >= 0.3 is 0 Å². The Morgan fingerprint density at radius 2 is 2.45 bits per heavy atom. The molecular weight excluding hydrogens is 260 g/mol.